The molecule has 2 atom stereocenters. The van der Waals surface area contributed by atoms with Gasteiger partial charge in [0.1, 0.15) is 12.6 Å². The fourth-order valence-electron chi connectivity index (χ4n) is 5.82. The maximum absolute atomic E-state index is 14.3. The van der Waals surface area contributed by atoms with Gasteiger partial charge in [0.25, 0.3) is 5.56 Å². The van der Waals surface area contributed by atoms with E-state index in [1.807, 2.05) is 48.5 Å². The van der Waals surface area contributed by atoms with Crippen molar-refractivity contribution in [2.45, 2.75) is 31.3 Å². The van der Waals surface area contributed by atoms with Gasteiger partial charge in [-0.25, -0.2) is 27.6 Å². The number of hydrogen-bond donors (Lipinski definition) is 1. The Labute approximate surface area is 250 Å². The van der Waals surface area contributed by atoms with Gasteiger partial charge in [-0.15, -0.1) is 0 Å². The molecule has 1 aromatic heterocycles. The lowest BCUT2D eigenvalue weighted by atomic mass is 9.98. The van der Waals surface area contributed by atoms with Gasteiger partial charge in [-0.3, -0.25) is 19.2 Å². The minimum atomic E-state index is -2.45. The van der Waals surface area contributed by atoms with Crippen LogP contribution in [0.1, 0.15) is 35.1 Å². The minimum Gasteiger partial charge on any atom is -0.448 e. The molecule has 2 aliphatic rings. The van der Waals surface area contributed by atoms with Gasteiger partial charge < -0.3 is 9.47 Å². The summed E-state index contributed by atoms with van der Waals surface area (Å²) in [5.74, 6) is -15.6. The van der Waals surface area contributed by atoms with Crippen molar-refractivity contribution >= 4 is 12.1 Å². The second-order valence-corrected chi connectivity index (χ2v) is 10.7. The highest BCUT2D eigenvalue weighted by Crippen LogP contribution is 2.44. The van der Waals surface area contributed by atoms with E-state index in [1.165, 1.54) is 13.1 Å². The maximum atomic E-state index is 14.3. The summed E-state index contributed by atoms with van der Waals surface area (Å²) in [7, 11) is 0. The number of nitrogens with one attached hydrogen (secondary N) is 1. The van der Waals surface area contributed by atoms with Crippen molar-refractivity contribution in [1.29, 1.82) is 0 Å². The third-order valence-corrected chi connectivity index (χ3v) is 8.03. The summed E-state index contributed by atoms with van der Waals surface area (Å²) in [5, 5.41) is 0. The number of ether oxygens (including phenoxy) is 2. The van der Waals surface area contributed by atoms with Crippen LogP contribution in [-0.2, 0) is 9.53 Å². The van der Waals surface area contributed by atoms with Crippen LogP contribution in [0.2, 0.25) is 0 Å². The molecular formula is C31H22F5N3O6. The maximum Gasteiger partial charge on any atom is 0.410 e. The molecule has 232 valence electrons. The largest absolute Gasteiger partial charge is 0.448 e. The molecule has 45 heavy (non-hydrogen) atoms. The number of nitrogens with zero attached hydrogens (tertiary/aromatic N) is 2. The standard InChI is InChI=1S/C31H22F5N3O6/c1-14-11-38(30(42)37-28(14)40)15-10-21(29(41)45-27-25(35)23(33)22(32)24(34)26(27)36)39(12-15)31(43)44-13-20-18-8-4-2-6-16(18)17-7-3-5-9-19(17)20/h2-9,11,15,20-21H,10,12-13H2,1H3,(H,37,40,42)/t15-,21-/m0/s1. The first-order chi connectivity index (χ1) is 21.5. The molecule has 0 unspecified atom stereocenters. The number of rotatable bonds is 5. The summed E-state index contributed by atoms with van der Waals surface area (Å²) in [4.78, 5) is 54.2. The van der Waals surface area contributed by atoms with Crippen molar-refractivity contribution in [3.63, 3.8) is 0 Å². The predicted octanol–water partition coefficient (Wildman–Crippen LogP) is 4.71. The number of likely N-dealkylation sites (tertiary alicyclic amines) is 1. The van der Waals surface area contributed by atoms with Gasteiger partial charge >= 0.3 is 17.8 Å². The molecular weight excluding hydrogens is 605 g/mol. The van der Waals surface area contributed by atoms with Crippen molar-refractivity contribution in [1.82, 2.24) is 14.5 Å². The molecule has 6 rings (SSSR count). The Hall–Kier alpha value is -5.27. The zero-order valence-electron chi connectivity index (χ0n) is 23.3. The third-order valence-electron chi connectivity index (χ3n) is 8.03. The van der Waals surface area contributed by atoms with E-state index in [4.69, 9.17) is 4.74 Å². The van der Waals surface area contributed by atoms with Crippen LogP contribution in [0.4, 0.5) is 26.7 Å². The lowest BCUT2D eigenvalue weighted by Gasteiger charge is -2.24. The summed E-state index contributed by atoms with van der Waals surface area (Å²) in [6.07, 6.45) is -0.239. The Morgan fingerprint density at radius 2 is 1.42 bits per heavy atom. The monoisotopic (exact) mass is 627 g/mol. The molecule has 4 aromatic rings. The summed E-state index contributed by atoms with van der Waals surface area (Å²) >= 11 is 0. The van der Waals surface area contributed by atoms with Crippen molar-refractivity contribution in [3.05, 3.63) is 121 Å². The number of hydrogen-bond acceptors (Lipinski definition) is 6. The smallest absolute Gasteiger partial charge is 0.410 e. The average molecular weight is 628 g/mol. The van der Waals surface area contributed by atoms with Crippen LogP contribution in [0.3, 0.4) is 0 Å². The molecule has 0 spiro atoms. The molecule has 3 aromatic carbocycles. The Morgan fingerprint density at radius 1 is 0.867 bits per heavy atom. The highest BCUT2D eigenvalue weighted by molar-refractivity contribution is 5.84. The van der Waals surface area contributed by atoms with E-state index in [0.717, 1.165) is 31.7 Å². The fourth-order valence-corrected chi connectivity index (χ4v) is 5.82. The number of aromatic nitrogens is 2. The van der Waals surface area contributed by atoms with Gasteiger partial charge in [-0.2, -0.15) is 8.78 Å². The normalized spacial score (nSPS) is 17.2. The van der Waals surface area contributed by atoms with Gasteiger partial charge in [0, 0.05) is 30.6 Å². The van der Waals surface area contributed by atoms with Crippen LogP contribution in [0, 0.1) is 36.0 Å². The molecule has 2 heterocycles. The number of fused-ring (bicyclic) bond motifs is 3. The van der Waals surface area contributed by atoms with E-state index in [-0.39, 0.29) is 31.1 Å². The number of halogens is 5. The third kappa shape index (κ3) is 5.05. The lowest BCUT2D eigenvalue weighted by Crippen LogP contribution is -2.43. The summed E-state index contributed by atoms with van der Waals surface area (Å²) in [6, 6.07) is 12.4. The van der Waals surface area contributed by atoms with E-state index >= 15 is 0 Å². The SMILES string of the molecule is Cc1cn([C@H]2C[C@@H](C(=O)Oc3c(F)c(F)c(F)c(F)c3F)N(C(=O)OCC3c4ccccc4-c4ccccc43)C2)c(=O)[nH]c1=O. The second-order valence-electron chi connectivity index (χ2n) is 10.7. The Bertz CT molecular complexity index is 1920. The van der Waals surface area contributed by atoms with Crippen molar-refractivity contribution < 1.29 is 41.0 Å². The van der Waals surface area contributed by atoms with Crippen LogP contribution < -0.4 is 16.0 Å². The summed E-state index contributed by atoms with van der Waals surface area (Å²) < 4.78 is 81.1. The van der Waals surface area contributed by atoms with Crippen molar-refractivity contribution in [3.8, 4) is 16.9 Å². The van der Waals surface area contributed by atoms with Crippen LogP contribution >= 0.6 is 0 Å². The highest BCUT2D eigenvalue weighted by Gasteiger charge is 2.44. The molecule has 1 aliphatic carbocycles. The summed E-state index contributed by atoms with van der Waals surface area (Å²) in [5.41, 5.74) is 2.29. The zero-order chi connectivity index (χ0) is 32.2. The number of amides is 1. The molecule has 1 N–H and O–H groups in total. The van der Waals surface area contributed by atoms with E-state index in [1.54, 1.807) is 0 Å². The Morgan fingerprint density at radius 3 is 2.02 bits per heavy atom. The first-order valence-electron chi connectivity index (χ1n) is 13.6. The minimum absolute atomic E-state index is 0.134. The molecule has 1 amide bonds. The molecule has 9 nitrogen and oxygen atoms in total. The number of benzene rings is 3. The van der Waals surface area contributed by atoms with Crippen molar-refractivity contribution in [2.24, 2.45) is 0 Å². The van der Waals surface area contributed by atoms with Crippen LogP contribution in [0.15, 0.2) is 64.3 Å². The predicted molar refractivity (Wildman–Crippen MR) is 147 cm³/mol. The van der Waals surface area contributed by atoms with E-state index in [0.29, 0.717) is 0 Å². The number of esters is 1. The average Bonchev–Trinajstić information content (AvgIpc) is 3.62. The van der Waals surface area contributed by atoms with Crippen LogP contribution in [-0.4, -0.2) is 45.7 Å². The second kappa shape index (κ2) is 11.3. The number of H-pyrrole nitrogens is 1. The highest BCUT2D eigenvalue weighted by atomic mass is 19.2. The molecule has 0 radical (unpaired) electrons. The van der Waals surface area contributed by atoms with Gasteiger partial charge in [0.2, 0.25) is 34.8 Å². The summed E-state index contributed by atoms with van der Waals surface area (Å²) in [6.45, 7) is 0.881. The number of aromatic amines is 1. The van der Waals surface area contributed by atoms with E-state index < -0.39 is 70.2 Å². The number of carbonyl (C=O) groups is 2. The molecule has 0 saturated carbocycles. The number of aryl methyl sites for hydroxylation is 1. The first-order valence-corrected chi connectivity index (χ1v) is 13.6. The van der Waals surface area contributed by atoms with Gasteiger partial charge in [-0.05, 0) is 29.2 Å². The van der Waals surface area contributed by atoms with Gasteiger partial charge in [0.05, 0.1) is 6.04 Å². The quantitative estimate of drug-likeness (QED) is 0.113. The molecule has 1 saturated heterocycles. The number of carbonyl (C=O) groups excluding carboxylic acids is 2. The van der Waals surface area contributed by atoms with Crippen LogP contribution in [0.25, 0.3) is 11.1 Å². The Kier molecular flexibility index (Phi) is 7.51. The molecule has 1 fully saturated rings. The first kappa shape index (κ1) is 29.8. The van der Waals surface area contributed by atoms with E-state index in [9.17, 15) is 41.1 Å². The van der Waals surface area contributed by atoms with E-state index in [2.05, 4.69) is 9.72 Å². The lowest BCUT2D eigenvalue weighted by molar-refractivity contribution is -0.139. The Balaban J connectivity index is 1.30. The van der Waals surface area contributed by atoms with Gasteiger partial charge in [-0.1, -0.05) is 48.5 Å². The molecule has 0 bridgehead atoms. The molecule has 14 heteroatoms. The topological polar surface area (TPSA) is 111 Å². The molecule has 1 aliphatic heterocycles. The zero-order valence-corrected chi connectivity index (χ0v) is 23.3. The van der Waals surface area contributed by atoms with Crippen molar-refractivity contribution in [2.75, 3.05) is 13.2 Å². The fraction of sp³-hybridized carbons (Fsp3) is 0.226. The van der Waals surface area contributed by atoms with Gasteiger partial charge in [0.15, 0.2) is 0 Å². The van der Waals surface area contributed by atoms with Crippen LogP contribution in [0.5, 0.6) is 5.75 Å².